The maximum Gasteiger partial charge on any atom is 0.235 e. The highest BCUT2D eigenvalue weighted by Crippen LogP contribution is 2.33. The molecule has 0 bridgehead atoms. The number of para-hydroxylation sites is 1. The van der Waals surface area contributed by atoms with Crippen molar-refractivity contribution in [1.29, 1.82) is 0 Å². The van der Waals surface area contributed by atoms with Crippen molar-refractivity contribution in [3.05, 3.63) is 54.1 Å². The van der Waals surface area contributed by atoms with E-state index in [2.05, 4.69) is 34.4 Å². The van der Waals surface area contributed by atoms with Crippen molar-refractivity contribution in [3.8, 4) is 27.7 Å². The Kier molecular flexibility index (Phi) is 3.31. The highest BCUT2D eigenvalue weighted by Gasteiger charge is 2.16. The molecule has 0 saturated heterocycles. The van der Waals surface area contributed by atoms with Gasteiger partial charge in [0.1, 0.15) is 5.75 Å². The first-order valence-electron chi connectivity index (χ1n) is 7.19. The second-order valence-electron chi connectivity index (χ2n) is 5.19. The molecule has 4 rings (SSSR count). The number of aryl methyl sites for hydroxylation is 1. The molecule has 0 amide bonds. The summed E-state index contributed by atoms with van der Waals surface area (Å²) >= 11 is 1.50. The van der Waals surface area contributed by atoms with Crippen LogP contribution in [0.4, 0.5) is 0 Å². The van der Waals surface area contributed by atoms with Gasteiger partial charge in [-0.15, -0.1) is 10.2 Å². The molecule has 0 aliphatic rings. The molecule has 4 aromatic rings. The van der Waals surface area contributed by atoms with Gasteiger partial charge in [0.15, 0.2) is 10.8 Å². The van der Waals surface area contributed by atoms with E-state index < -0.39 is 0 Å². The molecule has 0 fully saturated rings. The van der Waals surface area contributed by atoms with Crippen LogP contribution in [0.25, 0.3) is 26.9 Å². The van der Waals surface area contributed by atoms with E-state index >= 15 is 0 Å². The lowest BCUT2D eigenvalue weighted by molar-refractivity contribution is 0.416. The molecule has 0 aliphatic heterocycles. The largest absolute Gasteiger partial charge is 0.496 e. The summed E-state index contributed by atoms with van der Waals surface area (Å²) in [4.78, 5) is 0.765. The molecule has 0 atom stereocenters. The van der Waals surface area contributed by atoms with E-state index in [1.54, 1.807) is 11.6 Å². The van der Waals surface area contributed by atoms with Crippen LogP contribution in [-0.2, 0) is 0 Å². The molecular formula is C17H14N4OS. The van der Waals surface area contributed by atoms with Crippen molar-refractivity contribution < 1.29 is 4.74 Å². The number of fused-ring (bicyclic) bond motifs is 1. The first-order chi connectivity index (χ1) is 11.3. The average molecular weight is 322 g/mol. The van der Waals surface area contributed by atoms with Crippen LogP contribution in [0.5, 0.6) is 5.75 Å². The zero-order chi connectivity index (χ0) is 15.8. The predicted octanol–water partition coefficient (Wildman–Crippen LogP) is 3.84. The van der Waals surface area contributed by atoms with E-state index in [9.17, 15) is 0 Å². The third-order valence-electron chi connectivity index (χ3n) is 3.64. The third kappa shape index (κ3) is 2.37. The summed E-state index contributed by atoms with van der Waals surface area (Å²) in [5.41, 5.74) is 3.17. The second kappa shape index (κ2) is 5.48. The molecule has 2 aromatic heterocycles. The van der Waals surface area contributed by atoms with Gasteiger partial charge in [-0.2, -0.15) is 9.61 Å². The van der Waals surface area contributed by atoms with Crippen LogP contribution in [0.2, 0.25) is 0 Å². The van der Waals surface area contributed by atoms with Gasteiger partial charge in [-0.25, -0.2) is 0 Å². The van der Waals surface area contributed by atoms with Crippen LogP contribution in [0.1, 0.15) is 5.56 Å². The maximum atomic E-state index is 5.42. The minimum Gasteiger partial charge on any atom is -0.496 e. The van der Waals surface area contributed by atoms with Crippen LogP contribution < -0.4 is 4.74 Å². The fraction of sp³-hybridized carbons (Fsp3) is 0.118. The van der Waals surface area contributed by atoms with E-state index in [1.807, 2.05) is 36.4 Å². The van der Waals surface area contributed by atoms with Gasteiger partial charge < -0.3 is 4.74 Å². The van der Waals surface area contributed by atoms with Crippen LogP contribution >= 0.6 is 11.3 Å². The molecule has 0 spiro atoms. The van der Waals surface area contributed by atoms with Gasteiger partial charge in [-0.05, 0) is 19.1 Å². The number of ether oxygens (including phenoxy) is 1. The summed E-state index contributed by atoms with van der Waals surface area (Å²) in [6.45, 7) is 2.06. The molecule has 2 heterocycles. The second-order valence-corrected chi connectivity index (χ2v) is 6.15. The van der Waals surface area contributed by atoms with Crippen molar-refractivity contribution >= 4 is 16.3 Å². The number of methoxy groups -OCH3 is 1. The molecule has 0 saturated carbocycles. The van der Waals surface area contributed by atoms with Crippen molar-refractivity contribution in [3.63, 3.8) is 0 Å². The highest BCUT2D eigenvalue weighted by atomic mass is 32.1. The lowest BCUT2D eigenvalue weighted by Crippen LogP contribution is -1.92. The van der Waals surface area contributed by atoms with Crippen LogP contribution in [0, 0.1) is 6.92 Å². The summed E-state index contributed by atoms with van der Waals surface area (Å²) in [5.74, 6) is 1.55. The fourth-order valence-corrected chi connectivity index (χ4v) is 3.30. The predicted molar refractivity (Wildman–Crippen MR) is 90.8 cm³/mol. The molecule has 0 aliphatic carbocycles. The van der Waals surface area contributed by atoms with Crippen LogP contribution in [-0.4, -0.2) is 26.9 Å². The standard InChI is InChI=1S/C17H14N4OS/c1-11-7-9-12(10-8-11)15-18-19-17-21(15)20-16(23-17)13-5-3-4-6-14(13)22-2/h3-10H,1-2H3. The molecular weight excluding hydrogens is 308 g/mol. The third-order valence-corrected chi connectivity index (χ3v) is 4.57. The fourth-order valence-electron chi connectivity index (χ4n) is 2.43. The summed E-state index contributed by atoms with van der Waals surface area (Å²) in [7, 11) is 1.66. The summed E-state index contributed by atoms with van der Waals surface area (Å²) in [5, 5.41) is 14.1. The zero-order valence-corrected chi connectivity index (χ0v) is 13.5. The minimum absolute atomic E-state index is 0.748. The van der Waals surface area contributed by atoms with Crippen molar-refractivity contribution in [2.45, 2.75) is 6.92 Å². The average Bonchev–Trinajstić information content (AvgIpc) is 3.16. The molecule has 0 radical (unpaired) electrons. The molecule has 114 valence electrons. The number of aromatic nitrogens is 4. The zero-order valence-electron chi connectivity index (χ0n) is 12.7. The summed E-state index contributed by atoms with van der Waals surface area (Å²) in [6.07, 6.45) is 0. The quantitative estimate of drug-likeness (QED) is 0.575. The number of benzene rings is 2. The van der Waals surface area contributed by atoms with Gasteiger partial charge in [-0.3, -0.25) is 0 Å². The normalized spacial score (nSPS) is 11.0. The molecule has 6 heteroatoms. The van der Waals surface area contributed by atoms with E-state index in [0.29, 0.717) is 0 Å². The minimum atomic E-state index is 0.748. The molecule has 23 heavy (non-hydrogen) atoms. The Morgan fingerprint density at radius 3 is 2.57 bits per heavy atom. The lowest BCUT2D eigenvalue weighted by atomic mass is 10.1. The first kappa shape index (κ1) is 13.9. The van der Waals surface area contributed by atoms with Gasteiger partial charge in [0, 0.05) is 5.56 Å². The monoisotopic (exact) mass is 322 g/mol. The highest BCUT2D eigenvalue weighted by molar-refractivity contribution is 7.19. The van der Waals surface area contributed by atoms with Crippen molar-refractivity contribution in [1.82, 2.24) is 19.8 Å². The van der Waals surface area contributed by atoms with Gasteiger partial charge >= 0.3 is 0 Å². The maximum absolute atomic E-state index is 5.42. The SMILES string of the molecule is COc1ccccc1-c1nn2c(-c3ccc(C)cc3)nnc2s1. The Morgan fingerprint density at radius 1 is 1.00 bits per heavy atom. The van der Waals surface area contributed by atoms with Crippen LogP contribution in [0.15, 0.2) is 48.5 Å². The van der Waals surface area contributed by atoms with Crippen LogP contribution in [0.3, 0.4) is 0 Å². The van der Waals surface area contributed by atoms with Crippen molar-refractivity contribution in [2.24, 2.45) is 0 Å². The van der Waals surface area contributed by atoms with E-state index in [1.165, 1.54) is 16.9 Å². The Hall–Kier alpha value is -2.73. The molecule has 5 nitrogen and oxygen atoms in total. The lowest BCUT2D eigenvalue weighted by Gasteiger charge is -2.04. The van der Waals surface area contributed by atoms with E-state index in [0.717, 1.165) is 32.7 Å². The van der Waals surface area contributed by atoms with Gasteiger partial charge in [0.25, 0.3) is 0 Å². The number of rotatable bonds is 3. The molecule has 0 N–H and O–H groups in total. The number of hydrogen-bond acceptors (Lipinski definition) is 5. The van der Waals surface area contributed by atoms with E-state index in [4.69, 9.17) is 4.74 Å². The Bertz CT molecular complexity index is 972. The summed E-state index contributed by atoms with van der Waals surface area (Å²) in [6, 6.07) is 16.0. The smallest absolute Gasteiger partial charge is 0.235 e. The Labute approximate surface area is 137 Å². The first-order valence-corrected chi connectivity index (χ1v) is 8.00. The molecule has 0 unspecified atom stereocenters. The topological polar surface area (TPSA) is 52.3 Å². The Balaban J connectivity index is 1.85. The van der Waals surface area contributed by atoms with Gasteiger partial charge in [0.05, 0.1) is 12.7 Å². The van der Waals surface area contributed by atoms with E-state index in [-0.39, 0.29) is 0 Å². The summed E-state index contributed by atoms with van der Waals surface area (Å²) < 4.78 is 7.21. The number of nitrogens with zero attached hydrogens (tertiary/aromatic N) is 4. The molecule has 2 aromatic carbocycles. The van der Waals surface area contributed by atoms with Gasteiger partial charge in [0.2, 0.25) is 4.96 Å². The number of hydrogen-bond donors (Lipinski definition) is 0. The van der Waals surface area contributed by atoms with Crippen molar-refractivity contribution in [2.75, 3.05) is 7.11 Å². The Morgan fingerprint density at radius 2 is 1.78 bits per heavy atom. The van der Waals surface area contributed by atoms with Gasteiger partial charge in [-0.1, -0.05) is 53.3 Å².